The van der Waals surface area contributed by atoms with Gasteiger partial charge in [0.05, 0.1) is 25.5 Å². The summed E-state index contributed by atoms with van der Waals surface area (Å²) < 4.78 is 12.6. The Morgan fingerprint density at radius 3 is 2.81 bits per heavy atom. The number of hydrogen-bond donors (Lipinski definition) is 0. The van der Waals surface area contributed by atoms with Crippen molar-refractivity contribution < 1.29 is 14.3 Å². The number of nitrogens with zero attached hydrogens (tertiary/aromatic N) is 4. The van der Waals surface area contributed by atoms with Crippen LogP contribution in [-0.4, -0.2) is 58.9 Å². The highest BCUT2D eigenvalue weighted by atomic mass is 32.2. The molecule has 1 unspecified atom stereocenters. The van der Waals surface area contributed by atoms with Crippen LogP contribution in [0.5, 0.6) is 0 Å². The maximum Gasteiger partial charge on any atom is 0.319 e. The van der Waals surface area contributed by atoms with Gasteiger partial charge >= 0.3 is 5.97 Å². The predicted octanol–water partition coefficient (Wildman–Crippen LogP) is 2.46. The van der Waals surface area contributed by atoms with E-state index in [1.165, 1.54) is 11.8 Å². The molecule has 2 aromatic rings. The smallest absolute Gasteiger partial charge is 0.319 e. The molecule has 26 heavy (non-hydrogen) atoms. The van der Waals surface area contributed by atoms with Crippen molar-refractivity contribution in [2.75, 3.05) is 37.8 Å². The van der Waals surface area contributed by atoms with E-state index in [2.05, 4.69) is 34.2 Å². The molecular formula is C18H24N4O3S. The first-order valence-corrected chi connectivity index (χ1v) is 9.66. The molecule has 2 heterocycles. The van der Waals surface area contributed by atoms with E-state index in [4.69, 9.17) is 9.47 Å². The Kier molecular flexibility index (Phi) is 6.16. The number of morpholine rings is 1. The average molecular weight is 376 g/mol. The SMILES string of the molecule is CCOC(=O)C(C)Sc1nnc(N2CCOCC2)n1-c1cccc(C)c1. The third-order valence-corrected chi connectivity index (χ3v) is 5.09. The summed E-state index contributed by atoms with van der Waals surface area (Å²) >= 11 is 1.36. The van der Waals surface area contributed by atoms with Crippen LogP contribution in [0.25, 0.3) is 5.69 Å². The first-order valence-electron chi connectivity index (χ1n) is 8.78. The molecule has 0 aliphatic carbocycles. The van der Waals surface area contributed by atoms with Crippen LogP contribution in [-0.2, 0) is 14.3 Å². The molecule has 1 aliphatic heterocycles. The summed E-state index contributed by atoms with van der Waals surface area (Å²) in [5.74, 6) is 0.529. The van der Waals surface area contributed by atoms with E-state index >= 15 is 0 Å². The molecule has 1 aromatic carbocycles. The molecule has 0 radical (unpaired) electrons. The minimum atomic E-state index is -0.361. The fourth-order valence-corrected chi connectivity index (χ4v) is 3.63. The molecular weight excluding hydrogens is 352 g/mol. The van der Waals surface area contributed by atoms with Crippen molar-refractivity contribution in [1.29, 1.82) is 0 Å². The number of ether oxygens (including phenoxy) is 2. The largest absolute Gasteiger partial charge is 0.465 e. The topological polar surface area (TPSA) is 69.5 Å². The Labute approximate surface area is 157 Å². The lowest BCUT2D eigenvalue weighted by Gasteiger charge is -2.28. The quantitative estimate of drug-likeness (QED) is 0.566. The molecule has 1 aromatic heterocycles. The molecule has 0 spiro atoms. The molecule has 1 atom stereocenters. The lowest BCUT2D eigenvalue weighted by molar-refractivity contribution is -0.142. The van der Waals surface area contributed by atoms with E-state index < -0.39 is 0 Å². The number of carbonyl (C=O) groups is 1. The van der Waals surface area contributed by atoms with Gasteiger partial charge < -0.3 is 14.4 Å². The van der Waals surface area contributed by atoms with E-state index in [0.717, 1.165) is 30.3 Å². The van der Waals surface area contributed by atoms with Crippen LogP contribution in [0, 0.1) is 6.92 Å². The number of aryl methyl sites for hydroxylation is 1. The standard InChI is InChI=1S/C18H24N4O3S/c1-4-25-16(23)14(3)26-18-20-19-17(21-8-10-24-11-9-21)22(18)15-7-5-6-13(2)12-15/h5-7,12,14H,4,8-11H2,1-3H3. The van der Waals surface area contributed by atoms with E-state index in [0.29, 0.717) is 25.0 Å². The highest BCUT2D eigenvalue weighted by Gasteiger charge is 2.25. The molecule has 8 heteroatoms. The molecule has 1 fully saturated rings. The third kappa shape index (κ3) is 4.19. The number of aromatic nitrogens is 3. The number of thioether (sulfide) groups is 1. The van der Waals surface area contributed by atoms with E-state index in [1.54, 1.807) is 6.92 Å². The summed E-state index contributed by atoms with van der Waals surface area (Å²) in [7, 11) is 0. The summed E-state index contributed by atoms with van der Waals surface area (Å²) in [6.07, 6.45) is 0. The summed E-state index contributed by atoms with van der Waals surface area (Å²) in [6, 6.07) is 8.18. The van der Waals surface area contributed by atoms with Crippen molar-refractivity contribution in [2.45, 2.75) is 31.2 Å². The van der Waals surface area contributed by atoms with Crippen LogP contribution in [0.3, 0.4) is 0 Å². The second-order valence-electron chi connectivity index (χ2n) is 6.07. The number of hydrogen-bond acceptors (Lipinski definition) is 7. The van der Waals surface area contributed by atoms with Gasteiger partial charge in [-0.05, 0) is 38.5 Å². The average Bonchev–Trinajstić information content (AvgIpc) is 3.06. The maximum atomic E-state index is 12.0. The minimum Gasteiger partial charge on any atom is -0.465 e. The Bertz CT molecular complexity index is 759. The molecule has 1 saturated heterocycles. The van der Waals surface area contributed by atoms with Gasteiger partial charge in [-0.1, -0.05) is 23.9 Å². The van der Waals surface area contributed by atoms with Gasteiger partial charge in [0.2, 0.25) is 5.95 Å². The zero-order chi connectivity index (χ0) is 18.5. The summed E-state index contributed by atoms with van der Waals surface area (Å²) in [5, 5.41) is 9.10. The summed E-state index contributed by atoms with van der Waals surface area (Å²) in [5.41, 5.74) is 2.13. The Morgan fingerprint density at radius 2 is 2.12 bits per heavy atom. The van der Waals surface area contributed by atoms with Crippen molar-refractivity contribution in [3.63, 3.8) is 0 Å². The molecule has 0 N–H and O–H groups in total. The van der Waals surface area contributed by atoms with Crippen LogP contribution in [0.4, 0.5) is 5.95 Å². The number of rotatable bonds is 6. The van der Waals surface area contributed by atoms with Crippen molar-refractivity contribution in [3.05, 3.63) is 29.8 Å². The van der Waals surface area contributed by atoms with Crippen LogP contribution in [0.1, 0.15) is 19.4 Å². The molecule has 0 saturated carbocycles. The van der Waals surface area contributed by atoms with E-state index in [9.17, 15) is 4.79 Å². The van der Waals surface area contributed by atoms with Crippen LogP contribution < -0.4 is 4.90 Å². The van der Waals surface area contributed by atoms with Gasteiger partial charge in [-0.15, -0.1) is 10.2 Å². The maximum absolute atomic E-state index is 12.0. The third-order valence-electron chi connectivity index (χ3n) is 4.07. The zero-order valence-electron chi connectivity index (χ0n) is 15.3. The van der Waals surface area contributed by atoms with Crippen molar-refractivity contribution in [1.82, 2.24) is 14.8 Å². The van der Waals surface area contributed by atoms with Crippen LogP contribution in [0.2, 0.25) is 0 Å². The number of carbonyl (C=O) groups excluding carboxylic acids is 1. The summed E-state index contributed by atoms with van der Waals surface area (Å²) in [6.45, 7) is 8.92. The monoisotopic (exact) mass is 376 g/mol. The molecule has 3 rings (SSSR count). The Balaban J connectivity index is 1.96. The Morgan fingerprint density at radius 1 is 1.35 bits per heavy atom. The first kappa shape index (κ1) is 18.7. The normalized spacial score (nSPS) is 15.7. The van der Waals surface area contributed by atoms with Crippen molar-refractivity contribution in [3.8, 4) is 5.69 Å². The fraction of sp³-hybridized carbons (Fsp3) is 0.500. The molecule has 1 aliphatic rings. The minimum absolute atomic E-state index is 0.246. The van der Waals surface area contributed by atoms with E-state index in [1.807, 2.05) is 23.6 Å². The number of benzene rings is 1. The Hall–Kier alpha value is -2.06. The lowest BCUT2D eigenvalue weighted by atomic mass is 10.2. The van der Waals surface area contributed by atoms with Gasteiger partial charge in [0.25, 0.3) is 0 Å². The number of anilines is 1. The highest BCUT2D eigenvalue weighted by Crippen LogP contribution is 2.30. The lowest BCUT2D eigenvalue weighted by Crippen LogP contribution is -2.37. The predicted molar refractivity (Wildman–Crippen MR) is 101 cm³/mol. The highest BCUT2D eigenvalue weighted by molar-refractivity contribution is 8.00. The summed E-state index contributed by atoms with van der Waals surface area (Å²) in [4.78, 5) is 14.2. The second-order valence-corrected chi connectivity index (χ2v) is 7.38. The van der Waals surface area contributed by atoms with Gasteiger partial charge in [0.15, 0.2) is 5.16 Å². The fourth-order valence-electron chi connectivity index (χ4n) is 2.77. The molecule has 7 nitrogen and oxygen atoms in total. The van der Waals surface area contributed by atoms with Crippen molar-refractivity contribution >= 4 is 23.7 Å². The molecule has 0 amide bonds. The van der Waals surface area contributed by atoms with E-state index in [-0.39, 0.29) is 11.2 Å². The van der Waals surface area contributed by atoms with Crippen LogP contribution in [0.15, 0.2) is 29.4 Å². The first-order chi connectivity index (χ1) is 12.6. The molecule has 0 bridgehead atoms. The molecule has 140 valence electrons. The van der Waals surface area contributed by atoms with Gasteiger partial charge in [-0.2, -0.15) is 0 Å². The number of esters is 1. The second kappa shape index (κ2) is 8.55. The van der Waals surface area contributed by atoms with Gasteiger partial charge in [0, 0.05) is 13.1 Å². The van der Waals surface area contributed by atoms with Crippen LogP contribution >= 0.6 is 11.8 Å². The van der Waals surface area contributed by atoms with Gasteiger partial charge in [-0.3, -0.25) is 9.36 Å². The van der Waals surface area contributed by atoms with Crippen molar-refractivity contribution in [2.24, 2.45) is 0 Å². The van der Waals surface area contributed by atoms with Gasteiger partial charge in [0.1, 0.15) is 5.25 Å². The van der Waals surface area contributed by atoms with Gasteiger partial charge in [-0.25, -0.2) is 0 Å². The zero-order valence-corrected chi connectivity index (χ0v) is 16.2.